The van der Waals surface area contributed by atoms with Crippen LogP contribution in [0.1, 0.15) is 16.1 Å². The van der Waals surface area contributed by atoms with Gasteiger partial charge in [0.2, 0.25) is 0 Å². The van der Waals surface area contributed by atoms with Crippen LogP contribution >= 0.6 is 11.3 Å². The van der Waals surface area contributed by atoms with Crippen molar-refractivity contribution < 1.29 is 9.21 Å². The maximum Gasteiger partial charge on any atom is 0.349 e. The third kappa shape index (κ3) is 2.99. The molecule has 0 aliphatic heterocycles. The van der Waals surface area contributed by atoms with Crippen molar-refractivity contribution in [2.24, 2.45) is 0 Å². The lowest BCUT2D eigenvalue weighted by Gasteiger charge is -2.04. The van der Waals surface area contributed by atoms with E-state index in [4.69, 9.17) is 10.2 Å². The summed E-state index contributed by atoms with van der Waals surface area (Å²) in [5.74, 6) is -0.456. The number of nitrogens with zero attached hydrogens (tertiary/aromatic N) is 1. The smallest absolute Gasteiger partial charge is 0.349 e. The lowest BCUT2D eigenvalue weighted by molar-refractivity contribution is 0.0950. The molecule has 0 fully saturated rings. The molecule has 2 heterocycles. The lowest BCUT2D eigenvalue weighted by atomic mass is 10.2. The Labute approximate surface area is 129 Å². The molecule has 1 amide bonds. The first kappa shape index (κ1) is 14.3. The van der Waals surface area contributed by atoms with Crippen LogP contribution in [-0.4, -0.2) is 17.4 Å². The number of nitrogens with two attached hydrogens (primary N) is 1. The monoisotopic (exact) mass is 315 g/mol. The summed E-state index contributed by atoms with van der Waals surface area (Å²) in [5.41, 5.74) is 6.17. The first-order valence-electron chi connectivity index (χ1n) is 6.64. The van der Waals surface area contributed by atoms with Crippen LogP contribution in [-0.2, 0) is 6.42 Å². The molecule has 112 valence electrons. The fourth-order valence-corrected chi connectivity index (χ4v) is 2.65. The number of thiazole rings is 1. The Balaban J connectivity index is 1.72. The van der Waals surface area contributed by atoms with Gasteiger partial charge in [-0.05, 0) is 12.1 Å². The number of fused-ring (bicyclic) bond motifs is 1. The van der Waals surface area contributed by atoms with Crippen molar-refractivity contribution in [1.82, 2.24) is 10.3 Å². The van der Waals surface area contributed by atoms with Crippen LogP contribution in [0, 0.1) is 0 Å². The number of anilines is 1. The van der Waals surface area contributed by atoms with Gasteiger partial charge in [-0.25, -0.2) is 9.78 Å². The zero-order valence-electron chi connectivity index (χ0n) is 11.5. The van der Waals surface area contributed by atoms with E-state index in [1.807, 2.05) is 11.4 Å². The molecule has 7 heteroatoms. The molecule has 2 aromatic heterocycles. The van der Waals surface area contributed by atoms with E-state index in [2.05, 4.69) is 10.3 Å². The SMILES string of the molecule is Nc1nc(CCNC(=O)c2cc3ccccc3oc2=O)cs1. The maximum absolute atomic E-state index is 12.1. The maximum atomic E-state index is 12.1. The third-order valence-corrected chi connectivity index (χ3v) is 3.84. The van der Waals surface area contributed by atoms with E-state index in [9.17, 15) is 9.59 Å². The Bertz CT molecular complexity index is 885. The number of amides is 1. The van der Waals surface area contributed by atoms with Gasteiger partial charge < -0.3 is 15.5 Å². The van der Waals surface area contributed by atoms with Gasteiger partial charge in [0.15, 0.2) is 5.13 Å². The first-order chi connectivity index (χ1) is 10.6. The molecule has 0 bridgehead atoms. The van der Waals surface area contributed by atoms with Crippen LogP contribution in [0.4, 0.5) is 5.13 Å². The van der Waals surface area contributed by atoms with Crippen molar-refractivity contribution in [3.05, 3.63) is 57.4 Å². The predicted octanol–water partition coefficient (Wildman–Crippen LogP) is 1.80. The Morgan fingerprint density at radius 1 is 1.36 bits per heavy atom. The largest absolute Gasteiger partial charge is 0.422 e. The molecule has 0 spiro atoms. The van der Waals surface area contributed by atoms with Crippen LogP contribution in [0.2, 0.25) is 0 Å². The molecule has 1 aromatic carbocycles. The highest BCUT2D eigenvalue weighted by molar-refractivity contribution is 7.13. The van der Waals surface area contributed by atoms with Crippen molar-refractivity contribution in [3.8, 4) is 0 Å². The van der Waals surface area contributed by atoms with Gasteiger partial charge in [0, 0.05) is 23.7 Å². The third-order valence-electron chi connectivity index (χ3n) is 3.12. The normalized spacial score (nSPS) is 10.7. The summed E-state index contributed by atoms with van der Waals surface area (Å²) in [6.45, 7) is 0.369. The van der Waals surface area contributed by atoms with Gasteiger partial charge in [0.25, 0.3) is 5.91 Å². The highest BCUT2D eigenvalue weighted by atomic mass is 32.1. The number of carbonyl (C=O) groups excluding carboxylic acids is 1. The van der Waals surface area contributed by atoms with Gasteiger partial charge in [0.05, 0.1) is 5.69 Å². The number of para-hydroxylation sites is 1. The number of hydrogen-bond donors (Lipinski definition) is 2. The summed E-state index contributed by atoms with van der Waals surface area (Å²) in [4.78, 5) is 28.1. The van der Waals surface area contributed by atoms with Crippen molar-refractivity contribution in [3.63, 3.8) is 0 Å². The second kappa shape index (κ2) is 5.98. The van der Waals surface area contributed by atoms with Gasteiger partial charge in [-0.2, -0.15) is 0 Å². The molecule has 3 aromatic rings. The lowest BCUT2D eigenvalue weighted by Crippen LogP contribution is -2.29. The summed E-state index contributed by atoms with van der Waals surface area (Å²) in [5, 5.41) is 5.73. The Morgan fingerprint density at radius 3 is 2.95 bits per heavy atom. The van der Waals surface area contributed by atoms with Crippen molar-refractivity contribution in [1.29, 1.82) is 0 Å². The van der Waals surface area contributed by atoms with E-state index in [1.165, 1.54) is 17.4 Å². The molecule has 0 unspecified atom stereocenters. The topological polar surface area (TPSA) is 98.2 Å². The van der Waals surface area contributed by atoms with E-state index >= 15 is 0 Å². The molecule has 0 radical (unpaired) electrons. The molecule has 3 N–H and O–H groups in total. The van der Waals surface area contributed by atoms with E-state index < -0.39 is 11.5 Å². The first-order valence-corrected chi connectivity index (χ1v) is 7.52. The second-order valence-corrected chi connectivity index (χ2v) is 5.56. The van der Waals surface area contributed by atoms with Crippen LogP contribution < -0.4 is 16.7 Å². The van der Waals surface area contributed by atoms with Crippen molar-refractivity contribution >= 4 is 33.3 Å². The second-order valence-electron chi connectivity index (χ2n) is 4.67. The average molecular weight is 315 g/mol. The highest BCUT2D eigenvalue weighted by Gasteiger charge is 2.13. The number of aromatic nitrogens is 1. The predicted molar refractivity (Wildman–Crippen MR) is 85.0 cm³/mol. The summed E-state index contributed by atoms with van der Waals surface area (Å²) in [6, 6.07) is 8.59. The van der Waals surface area contributed by atoms with Crippen molar-refractivity contribution in [2.75, 3.05) is 12.3 Å². The molecular formula is C15H13N3O3S. The molecule has 6 nitrogen and oxygen atoms in total. The fourth-order valence-electron chi connectivity index (χ4n) is 2.06. The summed E-state index contributed by atoms with van der Waals surface area (Å²) in [6.07, 6.45) is 0.554. The molecule has 0 atom stereocenters. The highest BCUT2D eigenvalue weighted by Crippen LogP contribution is 2.13. The molecule has 0 saturated heterocycles. The van der Waals surface area contributed by atoms with Gasteiger partial charge in [0.1, 0.15) is 11.1 Å². The molecular weight excluding hydrogens is 302 g/mol. The molecule has 0 aliphatic carbocycles. The zero-order chi connectivity index (χ0) is 15.5. The van der Waals surface area contributed by atoms with Crippen LogP contribution in [0.3, 0.4) is 0 Å². The van der Waals surface area contributed by atoms with E-state index in [0.717, 1.165) is 5.69 Å². The zero-order valence-corrected chi connectivity index (χ0v) is 12.4. The number of rotatable bonds is 4. The summed E-state index contributed by atoms with van der Waals surface area (Å²) >= 11 is 1.35. The number of benzene rings is 1. The van der Waals surface area contributed by atoms with E-state index in [0.29, 0.717) is 29.1 Å². The minimum absolute atomic E-state index is 0.00325. The van der Waals surface area contributed by atoms with Crippen LogP contribution in [0.25, 0.3) is 11.0 Å². The minimum atomic E-state index is -0.644. The summed E-state index contributed by atoms with van der Waals surface area (Å²) < 4.78 is 5.14. The Hall–Kier alpha value is -2.67. The Morgan fingerprint density at radius 2 is 2.18 bits per heavy atom. The minimum Gasteiger partial charge on any atom is -0.422 e. The number of carbonyl (C=O) groups is 1. The average Bonchev–Trinajstić information content (AvgIpc) is 2.92. The molecule has 0 aliphatic rings. The quantitative estimate of drug-likeness (QED) is 0.715. The molecule has 3 rings (SSSR count). The van der Waals surface area contributed by atoms with Crippen LogP contribution in [0.5, 0.6) is 0 Å². The van der Waals surface area contributed by atoms with Gasteiger partial charge in [-0.1, -0.05) is 18.2 Å². The Kier molecular flexibility index (Phi) is 3.88. The van der Waals surface area contributed by atoms with Gasteiger partial charge in [-0.15, -0.1) is 11.3 Å². The van der Waals surface area contributed by atoms with Crippen molar-refractivity contribution in [2.45, 2.75) is 6.42 Å². The number of hydrogen-bond acceptors (Lipinski definition) is 6. The number of nitrogens with one attached hydrogen (secondary N) is 1. The molecule has 22 heavy (non-hydrogen) atoms. The standard InChI is InChI=1S/C15H13N3O3S/c16-15-18-10(8-22-15)5-6-17-13(19)11-7-9-3-1-2-4-12(9)21-14(11)20/h1-4,7-8H,5-6H2,(H2,16,18)(H,17,19). The fraction of sp³-hybridized carbons (Fsp3) is 0.133. The van der Waals surface area contributed by atoms with Gasteiger partial charge >= 0.3 is 5.63 Å². The summed E-state index contributed by atoms with van der Waals surface area (Å²) in [7, 11) is 0. The number of nitrogen functional groups attached to an aromatic ring is 1. The van der Waals surface area contributed by atoms with Crippen LogP contribution in [0.15, 0.2) is 44.9 Å². The van der Waals surface area contributed by atoms with Gasteiger partial charge in [-0.3, -0.25) is 4.79 Å². The molecule has 0 saturated carbocycles. The van der Waals surface area contributed by atoms with E-state index in [-0.39, 0.29) is 5.56 Å². The van der Waals surface area contributed by atoms with E-state index in [1.54, 1.807) is 18.2 Å².